The highest BCUT2D eigenvalue weighted by Crippen LogP contribution is 2.38. The third kappa shape index (κ3) is 7.10. The molecule has 218 valence electrons. The van der Waals surface area contributed by atoms with E-state index in [1.165, 1.54) is 0 Å². The summed E-state index contributed by atoms with van der Waals surface area (Å²) in [6.45, 7) is 13.4. The molecule has 0 aromatic carbocycles. The molecule has 0 bridgehead atoms. The van der Waals surface area contributed by atoms with Gasteiger partial charge in [0.1, 0.15) is 0 Å². The third-order valence-corrected chi connectivity index (χ3v) is 7.85. The zero-order chi connectivity index (χ0) is 28.4. The zero-order valence-electron chi connectivity index (χ0n) is 23.1. The maximum Gasteiger partial charge on any atom is 0.490 e. The maximum atomic E-state index is 10.6. The molecule has 3 saturated heterocycles. The van der Waals surface area contributed by atoms with Gasteiger partial charge in [0.15, 0.2) is 17.0 Å². The first-order valence-electron chi connectivity index (χ1n) is 13.6. The molecule has 5 rings (SSSR count). The van der Waals surface area contributed by atoms with Crippen molar-refractivity contribution in [3.05, 3.63) is 6.33 Å². The normalized spacial score (nSPS) is 22.7. The average Bonchev–Trinajstić information content (AvgIpc) is 3.47. The number of alkyl halides is 3. The standard InChI is InChI=1S/C24H38N6O2.C2HF3O2/c1-17(2)30-16-26-19-20(29-11-7-23(3,4)8-12-29)27-22(28-21(19)30)25-15-18-5-6-24(32-18)9-13-31-14-10-24;3-2(4,5)1(6)7/h16-18H,5-15H2,1-4H3,(H,25,27,28);(H,6,7). The Morgan fingerprint density at radius 2 is 1.79 bits per heavy atom. The first-order valence-corrected chi connectivity index (χ1v) is 13.6. The number of ether oxygens (including phenoxy) is 2. The molecule has 3 aliphatic rings. The lowest BCUT2D eigenvalue weighted by atomic mass is 9.83. The minimum absolute atomic E-state index is 0.0252. The Bertz CT molecular complexity index is 1140. The number of carboxylic acid groups (broad SMARTS) is 1. The third-order valence-electron chi connectivity index (χ3n) is 7.85. The number of nitrogens with zero attached hydrogens (tertiary/aromatic N) is 5. The van der Waals surface area contributed by atoms with Crippen molar-refractivity contribution in [2.75, 3.05) is 43.1 Å². The van der Waals surface area contributed by atoms with Crippen molar-refractivity contribution in [1.29, 1.82) is 0 Å². The number of imidazole rings is 1. The smallest absolute Gasteiger partial charge is 0.475 e. The monoisotopic (exact) mass is 556 g/mol. The molecule has 1 atom stereocenters. The number of fused-ring (bicyclic) bond motifs is 1. The number of piperidine rings is 1. The van der Waals surface area contributed by atoms with Crippen molar-refractivity contribution >= 4 is 28.9 Å². The fraction of sp³-hybridized carbons (Fsp3) is 0.769. The Balaban J connectivity index is 0.000000448. The van der Waals surface area contributed by atoms with Gasteiger partial charge in [0, 0.05) is 38.9 Å². The SMILES string of the molecule is CC(C)n1cnc2c(N3CCC(C)(C)CC3)nc(NCC3CCC4(CCOCC4)O3)nc21.O=C(O)C(F)(F)F. The van der Waals surface area contributed by atoms with Gasteiger partial charge in [-0.2, -0.15) is 23.1 Å². The summed E-state index contributed by atoms with van der Waals surface area (Å²) in [6, 6.07) is 0.294. The minimum Gasteiger partial charge on any atom is -0.475 e. The zero-order valence-corrected chi connectivity index (χ0v) is 23.1. The summed E-state index contributed by atoms with van der Waals surface area (Å²) in [4.78, 5) is 25.8. The van der Waals surface area contributed by atoms with Gasteiger partial charge in [-0.3, -0.25) is 0 Å². The van der Waals surface area contributed by atoms with E-state index < -0.39 is 12.1 Å². The Labute approximate surface area is 226 Å². The molecule has 0 saturated carbocycles. The van der Waals surface area contributed by atoms with Gasteiger partial charge in [-0.05, 0) is 57.8 Å². The molecule has 2 N–H and O–H groups in total. The van der Waals surface area contributed by atoms with Crippen LogP contribution >= 0.6 is 0 Å². The number of rotatable bonds is 5. The van der Waals surface area contributed by atoms with Crippen LogP contribution < -0.4 is 10.2 Å². The highest BCUT2D eigenvalue weighted by atomic mass is 19.4. The molecule has 5 heterocycles. The second-order valence-corrected chi connectivity index (χ2v) is 11.7. The Morgan fingerprint density at radius 3 is 2.38 bits per heavy atom. The van der Waals surface area contributed by atoms with Crippen molar-refractivity contribution < 1.29 is 32.5 Å². The predicted octanol–water partition coefficient (Wildman–Crippen LogP) is 4.81. The summed E-state index contributed by atoms with van der Waals surface area (Å²) in [5, 5.41) is 10.6. The topological polar surface area (TPSA) is 115 Å². The van der Waals surface area contributed by atoms with Crippen LogP contribution in [0, 0.1) is 5.41 Å². The molecule has 10 nitrogen and oxygen atoms in total. The molecule has 0 aliphatic carbocycles. The van der Waals surface area contributed by atoms with Gasteiger partial charge < -0.3 is 29.4 Å². The highest BCUT2D eigenvalue weighted by molar-refractivity contribution is 5.85. The molecule has 13 heteroatoms. The quantitative estimate of drug-likeness (QED) is 0.536. The lowest BCUT2D eigenvalue weighted by Crippen LogP contribution is -2.38. The van der Waals surface area contributed by atoms with Gasteiger partial charge in [-0.15, -0.1) is 0 Å². The second-order valence-electron chi connectivity index (χ2n) is 11.7. The molecular weight excluding hydrogens is 517 g/mol. The number of carbonyl (C=O) groups is 1. The molecule has 3 fully saturated rings. The van der Waals surface area contributed by atoms with Crippen molar-refractivity contribution in [2.24, 2.45) is 5.41 Å². The number of aliphatic carboxylic acids is 1. The van der Waals surface area contributed by atoms with Crippen LogP contribution in [-0.4, -0.2) is 81.3 Å². The van der Waals surface area contributed by atoms with Crippen LogP contribution in [0.15, 0.2) is 6.33 Å². The van der Waals surface area contributed by atoms with E-state index in [9.17, 15) is 13.2 Å². The molecule has 0 amide bonds. The van der Waals surface area contributed by atoms with Crippen molar-refractivity contribution in [1.82, 2.24) is 19.5 Å². The number of hydrogen-bond acceptors (Lipinski definition) is 8. The molecule has 2 aromatic heterocycles. The van der Waals surface area contributed by atoms with Crippen LogP contribution in [0.1, 0.15) is 72.3 Å². The van der Waals surface area contributed by atoms with E-state index in [-0.39, 0.29) is 11.7 Å². The predicted molar refractivity (Wildman–Crippen MR) is 140 cm³/mol. The molecular formula is C26H39F3N6O4. The summed E-state index contributed by atoms with van der Waals surface area (Å²) in [5.74, 6) is -1.12. The van der Waals surface area contributed by atoms with Crippen LogP contribution in [0.4, 0.5) is 24.9 Å². The molecule has 39 heavy (non-hydrogen) atoms. The molecule has 1 unspecified atom stereocenters. The van der Waals surface area contributed by atoms with Crippen LogP contribution in [-0.2, 0) is 14.3 Å². The van der Waals surface area contributed by atoms with E-state index in [2.05, 4.69) is 42.5 Å². The summed E-state index contributed by atoms with van der Waals surface area (Å²) < 4.78 is 45.9. The number of nitrogens with one attached hydrogen (secondary N) is 1. The van der Waals surface area contributed by atoms with E-state index in [1.54, 1.807) is 0 Å². The van der Waals surface area contributed by atoms with Crippen LogP contribution in [0.25, 0.3) is 11.2 Å². The van der Waals surface area contributed by atoms with Gasteiger partial charge >= 0.3 is 12.1 Å². The second kappa shape index (κ2) is 11.4. The van der Waals surface area contributed by atoms with Crippen molar-refractivity contribution in [3.8, 4) is 0 Å². The van der Waals surface area contributed by atoms with Crippen molar-refractivity contribution in [2.45, 2.75) is 90.1 Å². The highest BCUT2D eigenvalue weighted by Gasteiger charge is 2.41. The first-order chi connectivity index (χ1) is 18.3. The number of hydrogen-bond donors (Lipinski definition) is 2. The summed E-state index contributed by atoms with van der Waals surface area (Å²) >= 11 is 0. The molecule has 0 radical (unpaired) electrons. The fourth-order valence-electron chi connectivity index (χ4n) is 5.26. The lowest BCUT2D eigenvalue weighted by molar-refractivity contribution is -0.192. The minimum atomic E-state index is -5.08. The number of anilines is 2. The number of aromatic nitrogens is 4. The fourth-order valence-corrected chi connectivity index (χ4v) is 5.26. The Hall–Kier alpha value is -2.67. The van der Waals surface area contributed by atoms with E-state index in [4.69, 9.17) is 34.3 Å². The Morgan fingerprint density at radius 1 is 1.15 bits per heavy atom. The first kappa shape index (κ1) is 29.3. The van der Waals surface area contributed by atoms with Gasteiger partial charge in [0.2, 0.25) is 5.95 Å². The van der Waals surface area contributed by atoms with Gasteiger partial charge in [0.05, 0.1) is 18.0 Å². The van der Waals surface area contributed by atoms with E-state index in [0.29, 0.717) is 17.4 Å². The van der Waals surface area contributed by atoms with Gasteiger partial charge in [0.25, 0.3) is 0 Å². The maximum absolute atomic E-state index is 10.6. The van der Waals surface area contributed by atoms with Crippen LogP contribution in [0.5, 0.6) is 0 Å². The lowest BCUT2D eigenvalue weighted by Gasteiger charge is -2.37. The van der Waals surface area contributed by atoms with Crippen molar-refractivity contribution in [3.63, 3.8) is 0 Å². The summed E-state index contributed by atoms with van der Waals surface area (Å²) in [5.41, 5.74) is 2.23. The number of halogens is 3. The molecule has 1 spiro atoms. The summed E-state index contributed by atoms with van der Waals surface area (Å²) in [7, 11) is 0. The van der Waals surface area contributed by atoms with E-state index in [1.807, 2.05) is 6.33 Å². The van der Waals surface area contributed by atoms with Crippen LogP contribution in [0.2, 0.25) is 0 Å². The average molecular weight is 557 g/mol. The van der Waals surface area contributed by atoms with Crippen LogP contribution in [0.3, 0.4) is 0 Å². The van der Waals surface area contributed by atoms with Gasteiger partial charge in [-0.25, -0.2) is 9.78 Å². The van der Waals surface area contributed by atoms with E-state index >= 15 is 0 Å². The number of carboxylic acids is 1. The Kier molecular flexibility index (Phi) is 8.60. The van der Waals surface area contributed by atoms with E-state index in [0.717, 1.165) is 88.4 Å². The molecule has 2 aromatic rings. The summed E-state index contributed by atoms with van der Waals surface area (Å²) in [6.07, 6.45) is 3.55. The van der Waals surface area contributed by atoms with Gasteiger partial charge in [-0.1, -0.05) is 13.8 Å². The largest absolute Gasteiger partial charge is 0.490 e. The molecule has 3 aliphatic heterocycles.